The molecule has 2 heterocycles. The van der Waals surface area contributed by atoms with E-state index in [1.807, 2.05) is 12.1 Å². The number of morpholine rings is 1. The summed E-state index contributed by atoms with van der Waals surface area (Å²) in [5.74, 6) is 0.674. The average molecular weight is 359 g/mol. The molecule has 0 spiro atoms. The van der Waals surface area contributed by atoms with Gasteiger partial charge in [0.15, 0.2) is 0 Å². The predicted octanol–water partition coefficient (Wildman–Crippen LogP) is 2.08. The molecule has 2 amide bonds. The van der Waals surface area contributed by atoms with Crippen molar-refractivity contribution in [2.24, 2.45) is 11.8 Å². The molecule has 1 aromatic rings. The smallest absolute Gasteiger partial charge is 0.254 e. The second kappa shape index (κ2) is 8.64. The lowest BCUT2D eigenvalue weighted by Gasteiger charge is -2.27. The zero-order valence-corrected chi connectivity index (χ0v) is 15.7. The molecule has 1 N–H and O–H groups in total. The Morgan fingerprint density at radius 1 is 1.23 bits per heavy atom. The van der Waals surface area contributed by atoms with E-state index in [1.54, 1.807) is 17.0 Å². The Labute approximate surface area is 155 Å². The third-order valence-electron chi connectivity index (χ3n) is 4.94. The lowest BCUT2D eigenvalue weighted by Crippen LogP contribution is -2.40. The largest absolute Gasteiger partial charge is 0.378 e. The van der Waals surface area contributed by atoms with Gasteiger partial charge in [-0.2, -0.15) is 0 Å². The summed E-state index contributed by atoms with van der Waals surface area (Å²) in [6, 6.07) is 7.24. The Balaban J connectivity index is 1.58. The number of likely N-dealkylation sites (tertiary alicyclic amines) is 1. The Bertz CT molecular complexity index is 641. The number of nitrogens with one attached hydrogen (secondary N) is 1. The molecule has 0 saturated carbocycles. The molecule has 3 rings (SSSR count). The van der Waals surface area contributed by atoms with Gasteiger partial charge >= 0.3 is 0 Å². The van der Waals surface area contributed by atoms with Crippen molar-refractivity contribution < 1.29 is 14.3 Å². The minimum atomic E-state index is -0.00614. The topological polar surface area (TPSA) is 61.9 Å². The van der Waals surface area contributed by atoms with Gasteiger partial charge in [-0.25, -0.2) is 0 Å². The van der Waals surface area contributed by atoms with Gasteiger partial charge in [0.25, 0.3) is 5.91 Å². The fraction of sp³-hybridized carbons (Fsp3) is 0.600. The molecule has 2 aliphatic heterocycles. The number of hydrogen-bond donors (Lipinski definition) is 1. The molecular weight excluding hydrogens is 330 g/mol. The van der Waals surface area contributed by atoms with Crippen molar-refractivity contribution in [2.45, 2.75) is 20.3 Å². The third kappa shape index (κ3) is 4.83. The summed E-state index contributed by atoms with van der Waals surface area (Å²) in [4.78, 5) is 29.3. The minimum Gasteiger partial charge on any atom is -0.378 e. The maximum atomic E-state index is 12.6. The lowest BCUT2D eigenvalue weighted by atomic mass is 10.1. The number of rotatable bonds is 5. The first-order valence-corrected chi connectivity index (χ1v) is 9.53. The normalized spacial score (nSPS) is 21.2. The number of nitrogens with zero attached hydrogens (tertiary/aromatic N) is 2. The molecule has 1 atom stereocenters. The van der Waals surface area contributed by atoms with E-state index in [9.17, 15) is 9.59 Å². The molecule has 26 heavy (non-hydrogen) atoms. The molecular formula is C20H29N3O3. The molecule has 2 aliphatic rings. The highest BCUT2D eigenvalue weighted by Crippen LogP contribution is 2.20. The zero-order chi connectivity index (χ0) is 18.5. The summed E-state index contributed by atoms with van der Waals surface area (Å²) in [5.41, 5.74) is 1.30. The Kier molecular flexibility index (Phi) is 6.27. The van der Waals surface area contributed by atoms with Crippen molar-refractivity contribution in [3.63, 3.8) is 0 Å². The molecule has 1 aromatic carbocycles. The van der Waals surface area contributed by atoms with Crippen LogP contribution in [0, 0.1) is 11.8 Å². The molecule has 2 saturated heterocycles. The number of amides is 2. The standard InChI is InChI=1S/C20H29N3O3/c1-15(2)13-22-7-6-17(14-22)19(24)21-18-5-3-4-16(12-18)20(25)23-8-10-26-11-9-23/h3-5,12,15,17H,6-11,13-14H2,1-2H3,(H,21,24). The predicted molar refractivity (Wildman–Crippen MR) is 101 cm³/mol. The Hall–Kier alpha value is -1.92. The van der Waals surface area contributed by atoms with Crippen LogP contribution in [0.2, 0.25) is 0 Å². The summed E-state index contributed by atoms with van der Waals surface area (Å²) < 4.78 is 5.30. The molecule has 0 aliphatic carbocycles. The first-order chi connectivity index (χ1) is 12.5. The van der Waals surface area contributed by atoms with Gasteiger partial charge in [-0.15, -0.1) is 0 Å². The van der Waals surface area contributed by atoms with Crippen LogP contribution in [0.5, 0.6) is 0 Å². The van der Waals surface area contributed by atoms with E-state index >= 15 is 0 Å². The van der Waals surface area contributed by atoms with E-state index in [0.717, 1.165) is 26.1 Å². The highest BCUT2D eigenvalue weighted by atomic mass is 16.5. The second-order valence-electron chi connectivity index (χ2n) is 7.61. The van der Waals surface area contributed by atoms with E-state index in [-0.39, 0.29) is 17.7 Å². The van der Waals surface area contributed by atoms with Crippen molar-refractivity contribution in [3.05, 3.63) is 29.8 Å². The monoisotopic (exact) mass is 359 g/mol. The number of benzene rings is 1. The van der Waals surface area contributed by atoms with Crippen molar-refractivity contribution in [1.29, 1.82) is 0 Å². The highest BCUT2D eigenvalue weighted by molar-refractivity contribution is 5.97. The number of carbonyl (C=O) groups excluding carboxylic acids is 2. The molecule has 6 heteroatoms. The lowest BCUT2D eigenvalue weighted by molar-refractivity contribution is -0.119. The van der Waals surface area contributed by atoms with Crippen LogP contribution in [0.1, 0.15) is 30.6 Å². The number of carbonyl (C=O) groups is 2. The zero-order valence-electron chi connectivity index (χ0n) is 15.7. The Morgan fingerprint density at radius 2 is 2.00 bits per heavy atom. The van der Waals surface area contributed by atoms with Gasteiger partial charge in [0, 0.05) is 37.4 Å². The van der Waals surface area contributed by atoms with Gasteiger partial charge in [0.2, 0.25) is 5.91 Å². The molecule has 6 nitrogen and oxygen atoms in total. The van der Waals surface area contributed by atoms with Crippen LogP contribution in [0.25, 0.3) is 0 Å². The molecule has 142 valence electrons. The van der Waals surface area contributed by atoms with E-state index in [1.165, 1.54) is 0 Å². The maximum Gasteiger partial charge on any atom is 0.254 e. The van der Waals surface area contributed by atoms with E-state index in [4.69, 9.17) is 4.74 Å². The molecule has 1 unspecified atom stereocenters. The summed E-state index contributed by atoms with van der Waals surface area (Å²) >= 11 is 0. The van der Waals surface area contributed by atoms with Crippen LogP contribution in [0.3, 0.4) is 0 Å². The van der Waals surface area contributed by atoms with E-state index in [0.29, 0.717) is 43.5 Å². The first-order valence-electron chi connectivity index (χ1n) is 9.53. The van der Waals surface area contributed by atoms with Crippen LogP contribution >= 0.6 is 0 Å². The van der Waals surface area contributed by atoms with Crippen molar-refractivity contribution in [2.75, 3.05) is 51.3 Å². The highest BCUT2D eigenvalue weighted by Gasteiger charge is 2.28. The van der Waals surface area contributed by atoms with Crippen molar-refractivity contribution >= 4 is 17.5 Å². The van der Waals surface area contributed by atoms with Crippen LogP contribution in [0.4, 0.5) is 5.69 Å². The van der Waals surface area contributed by atoms with Gasteiger partial charge < -0.3 is 19.9 Å². The first kappa shape index (κ1) is 18.9. The number of anilines is 1. The van der Waals surface area contributed by atoms with E-state index < -0.39 is 0 Å². The van der Waals surface area contributed by atoms with Crippen LogP contribution in [-0.4, -0.2) is 67.6 Å². The van der Waals surface area contributed by atoms with Gasteiger partial charge in [0.1, 0.15) is 0 Å². The molecule has 0 aromatic heterocycles. The fourth-order valence-electron chi connectivity index (χ4n) is 3.65. The number of hydrogen-bond acceptors (Lipinski definition) is 4. The molecule has 0 bridgehead atoms. The second-order valence-corrected chi connectivity index (χ2v) is 7.61. The van der Waals surface area contributed by atoms with Gasteiger partial charge in [-0.1, -0.05) is 19.9 Å². The molecule has 2 fully saturated rings. The van der Waals surface area contributed by atoms with Gasteiger partial charge in [-0.05, 0) is 37.1 Å². The fourth-order valence-corrected chi connectivity index (χ4v) is 3.65. The summed E-state index contributed by atoms with van der Waals surface area (Å²) in [5, 5.41) is 2.99. The SMILES string of the molecule is CC(C)CN1CCC(C(=O)Nc2cccc(C(=O)N3CCOCC3)c2)C1. The van der Waals surface area contributed by atoms with Gasteiger partial charge in [-0.3, -0.25) is 9.59 Å². The number of ether oxygens (including phenoxy) is 1. The summed E-state index contributed by atoms with van der Waals surface area (Å²) in [7, 11) is 0. The van der Waals surface area contributed by atoms with Crippen LogP contribution in [-0.2, 0) is 9.53 Å². The van der Waals surface area contributed by atoms with Crippen LogP contribution in [0.15, 0.2) is 24.3 Å². The van der Waals surface area contributed by atoms with Crippen LogP contribution < -0.4 is 5.32 Å². The quantitative estimate of drug-likeness (QED) is 0.874. The molecule has 0 radical (unpaired) electrons. The average Bonchev–Trinajstić information content (AvgIpc) is 3.10. The third-order valence-corrected chi connectivity index (χ3v) is 4.94. The summed E-state index contributed by atoms with van der Waals surface area (Å²) in [6.45, 7) is 9.62. The van der Waals surface area contributed by atoms with Crippen molar-refractivity contribution in [1.82, 2.24) is 9.80 Å². The maximum absolute atomic E-state index is 12.6. The van der Waals surface area contributed by atoms with Crippen molar-refractivity contribution in [3.8, 4) is 0 Å². The Morgan fingerprint density at radius 3 is 2.73 bits per heavy atom. The van der Waals surface area contributed by atoms with Gasteiger partial charge in [0.05, 0.1) is 19.1 Å². The summed E-state index contributed by atoms with van der Waals surface area (Å²) in [6.07, 6.45) is 0.894. The minimum absolute atomic E-state index is 0.00614. The van der Waals surface area contributed by atoms with E-state index in [2.05, 4.69) is 24.1 Å².